The van der Waals surface area contributed by atoms with Crippen molar-refractivity contribution < 1.29 is 10.0 Å². The van der Waals surface area contributed by atoms with Gasteiger partial charge in [0.1, 0.15) is 0 Å². The number of hydroxylamine groups is 1. The van der Waals surface area contributed by atoms with E-state index in [1.165, 1.54) is 0 Å². The highest BCUT2D eigenvalue weighted by molar-refractivity contribution is 6.32. The van der Waals surface area contributed by atoms with Crippen LogP contribution in [0, 0.1) is 0 Å². The Balaban J connectivity index is 1.64. The summed E-state index contributed by atoms with van der Waals surface area (Å²) < 4.78 is 1.73. The van der Waals surface area contributed by atoms with Crippen molar-refractivity contribution in [3.63, 3.8) is 0 Å². The van der Waals surface area contributed by atoms with Crippen molar-refractivity contribution in [3.05, 3.63) is 95.3 Å². The van der Waals surface area contributed by atoms with Gasteiger partial charge in [0.05, 0.1) is 17.3 Å². The predicted molar refractivity (Wildman–Crippen MR) is 115 cm³/mol. The van der Waals surface area contributed by atoms with E-state index in [1.807, 2.05) is 54.6 Å². The summed E-state index contributed by atoms with van der Waals surface area (Å²) in [6, 6.07) is 23.9. The molecule has 1 aromatic heterocycles. The van der Waals surface area contributed by atoms with Gasteiger partial charge in [-0.05, 0) is 36.4 Å². The first-order chi connectivity index (χ1) is 14.7. The monoisotopic (exact) mass is 419 g/mol. The van der Waals surface area contributed by atoms with Gasteiger partial charge in [-0.2, -0.15) is 0 Å². The molecule has 0 aliphatic heterocycles. The average Bonchev–Trinajstić information content (AvgIpc) is 3.22. The summed E-state index contributed by atoms with van der Waals surface area (Å²) in [5, 5.41) is 17.2. The molecule has 0 aliphatic carbocycles. The number of amides is 1. The molecule has 0 fully saturated rings. The third-order valence-electron chi connectivity index (χ3n) is 4.49. The van der Waals surface area contributed by atoms with Gasteiger partial charge in [-0.3, -0.25) is 10.0 Å². The maximum absolute atomic E-state index is 11.5. The van der Waals surface area contributed by atoms with E-state index in [0.717, 1.165) is 16.9 Å². The molecule has 7 nitrogen and oxygen atoms in total. The van der Waals surface area contributed by atoms with Crippen molar-refractivity contribution in [2.24, 2.45) is 0 Å². The molecule has 0 bridgehead atoms. The lowest BCUT2D eigenvalue weighted by molar-refractivity contribution is 0.0706. The van der Waals surface area contributed by atoms with Crippen LogP contribution in [-0.2, 0) is 6.54 Å². The minimum absolute atomic E-state index is 0.355. The molecule has 3 aromatic carbocycles. The largest absolute Gasteiger partial charge is 0.378 e. The van der Waals surface area contributed by atoms with Crippen molar-refractivity contribution in [1.82, 2.24) is 20.2 Å². The molecule has 3 N–H and O–H groups in total. The van der Waals surface area contributed by atoms with E-state index in [4.69, 9.17) is 21.8 Å². The topological polar surface area (TPSA) is 92.1 Å². The smallest absolute Gasteiger partial charge is 0.274 e. The molecule has 0 unspecified atom stereocenters. The van der Waals surface area contributed by atoms with Crippen LogP contribution in [0.5, 0.6) is 0 Å². The molecule has 0 saturated carbocycles. The van der Waals surface area contributed by atoms with Crippen molar-refractivity contribution in [2.45, 2.75) is 6.54 Å². The number of halogens is 1. The van der Waals surface area contributed by atoms with Crippen LogP contribution in [-0.4, -0.2) is 25.9 Å². The number of nitrogens with zero attached hydrogens (tertiary/aromatic N) is 3. The summed E-state index contributed by atoms with van der Waals surface area (Å²) in [7, 11) is 0. The average molecular weight is 420 g/mol. The Bertz CT molecular complexity index is 1160. The summed E-state index contributed by atoms with van der Waals surface area (Å²) in [4.78, 5) is 16.2. The summed E-state index contributed by atoms with van der Waals surface area (Å²) in [6.07, 6.45) is 0. The molecule has 0 aliphatic rings. The van der Waals surface area contributed by atoms with Gasteiger partial charge >= 0.3 is 0 Å². The molecule has 1 heterocycles. The van der Waals surface area contributed by atoms with Crippen LogP contribution in [0.4, 0.5) is 5.69 Å². The number of benzene rings is 3. The van der Waals surface area contributed by atoms with Crippen LogP contribution in [0.1, 0.15) is 16.2 Å². The van der Waals surface area contributed by atoms with E-state index in [2.05, 4.69) is 10.4 Å². The van der Waals surface area contributed by atoms with Crippen LogP contribution in [0.2, 0.25) is 5.02 Å². The second-order valence-corrected chi connectivity index (χ2v) is 6.86. The van der Waals surface area contributed by atoms with Crippen LogP contribution in [0.25, 0.3) is 17.1 Å². The summed E-state index contributed by atoms with van der Waals surface area (Å²) in [5.74, 6) is 0.717. The van der Waals surface area contributed by atoms with Crippen LogP contribution < -0.4 is 10.8 Å². The Kier molecular flexibility index (Phi) is 5.74. The number of anilines is 1. The van der Waals surface area contributed by atoms with Crippen molar-refractivity contribution in [1.29, 1.82) is 0 Å². The number of rotatable bonds is 6. The maximum atomic E-state index is 11.5. The summed E-state index contributed by atoms with van der Waals surface area (Å²) in [6.45, 7) is 0.386. The number of aromatic nitrogens is 3. The first-order valence-corrected chi connectivity index (χ1v) is 9.58. The quantitative estimate of drug-likeness (QED) is 0.320. The fraction of sp³-hybridized carbons (Fsp3) is 0.0455. The van der Waals surface area contributed by atoms with Crippen molar-refractivity contribution >= 4 is 23.2 Å². The highest BCUT2D eigenvalue weighted by Crippen LogP contribution is 2.24. The molecule has 8 heteroatoms. The van der Waals surface area contributed by atoms with Gasteiger partial charge in [0.25, 0.3) is 5.91 Å². The Labute approximate surface area is 177 Å². The first-order valence-electron chi connectivity index (χ1n) is 9.20. The Morgan fingerprint density at radius 3 is 2.37 bits per heavy atom. The van der Waals surface area contributed by atoms with E-state index in [-0.39, 0.29) is 0 Å². The zero-order valence-corrected chi connectivity index (χ0v) is 16.5. The maximum Gasteiger partial charge on any atom is 0.274 e. The van der Waals surface area contributed by atoms with Crippen LogP contribution in [0.3, 0.4) is 0 Å². The summed E-state index contributed by atoms with van der Waals surface area (Å²) in [5.41, 5.74) is 4.40. The molecule has 1 amide bonds. The third-order valence-corrected chi connectivity index (χ3v) is 4.81. The molecule has 4 rings (SSSR count). The number of carbonyl (C=O) groups is 1. The molecule has 150 valence electrons. The lowest BCUT2D eigenvalue weighted by atomic mass is 10.2. The van der Waals surface area contributed by atoms with E-state index < -0.39 is 5.91 Å². The van der Waals surface area contributed by atoms with E-state index in [0.29, 0.717) is 28.8 Å². The number of nitrogens with one attached hydrogen (secondary N) is 2. The van der Waals surface area contributed by atoms with E-state index in [1.54, 1.807) is 34.4 Å². The molecule has 0 spiro atoms. The normalized spacial score (nSPS) is 10.6. The SMILES string of the molecule is O=C(NO)c1ccc(NCc2nc(-c3ccccc3)nn2-c2ccccc2Cl)cc1. The minimum atomic E-state index is -0.562. The fourth-order valence-electron chi connectivity index (χ4n) is 2.97. The zero-order chi connectivity index (χ0) is 20.9. The highest BCUT2D eigenvalue weighted by Gasteiger charge is 2.15. The number of carbonyl (C=O) groups excluding carboxylic acids is 1. The predicted octanol–water partition coefficient (Wildman–Crippen LogP) is 4.32. The molecular weight excluding hydrogens is 402 g/mol. The van der Waals surface area contributed by atoms with Crippen LogP contribution >= 0.6 is 11.6 Å². The van der Waals surface area contributed by atoms with Gasteiger partial charge in [-0.25, -0.2) is 15.1 Å². The standard InChI is InChI=1S/C22H18ClN5O2/c23-18-8-4-5-9-19(18)28-20(25-21(26-28)15-6-2-1-3-7-15)14-24-17-12-10-16(11-13-17)22(29)27-30/h1-13,24,30H,14H2,(H,27,29). The molecule has 4 aromatic rings. The zero-order valence-electron chi connectivity index (χ0n) is 15.8. The number of hydrogen-bond donors (Lipinski definition) is 3. The molecule has 0 saturated heterocycles. The second kappa shape index (κ2) is 8.77. The van der Waals surface area contributed by atoms with E-state index in [9.17, 15) is 4.79 Å². The second-order valence-electron chi connectivity index (χ2n) is 6.45. The van der Waals surface area contributed by atoms with Gasteiger partial charge in [0, 0.05) is 16.8 Å². The van der Waals surface area contributed by atoms with Gasteiger partial charge in [0.15, 0.2) is 11.6 Å². The van der Waals surface area contributed by atoms with Gasteiger partial charge in [0.2, 0.25) is 0 Å². The molecular formula is C22H18ClN5O2. The van der Waals surface area contributed by atoms with Gasteiger partial charge in [-0.1, -0.05) is 54.1 Å². The Hall–Kier alpha value is -3.68. The Morgan fingerprint density at radius 1 is 0.967 bits per heavy atom. The highest BCUT2D eigenvalue weighted by atomic mass is 35.5. The minimum Gasteiger partial charge on any atom is -0.378 e. The molecule has 0 atom stereocenters. The van der Waals surface area contributed by atoms with E-state index >= 15 is 0 Å². The number of hydrogen-bond acceptors (Lipinski definition) is 5. The van der Waals surface area contributed by atoms with Crippen molar-refractivity contribution in [2.75, 3.05) is 5.32 Å². The van der Waals surface area contributed by atoms with Gasteiger partial charge in [-0.15, -0.1) is 5.10 Å². The molecule has 0 radical (unpaired) electrons. The Morgan fingerprint density at radius 2 is 1.67 bits per heavy atom. The lowest BCUT2D eigenvalue weighted by Gasteiger charge is -2.10. The third kappa shape index (κ3) is 4.17. The van der Waals surface area contributed by atoms with Crippen LogP contribution in [0.15, 0.2) is 78.9 Å². The first kappa shape index (κ1) is 19.6. The lowest BCUT2D eigenvalue weighted by Crippen LogP contribution is -2.18. The number of para-hydroxylation sites is 1. The fourth-order valence-corrected chi connectivity index (χ4v) is 3.19. The van der Waals surface area contributed by atoms with Crippen molar-refractivity contribution in [3.8, 4) is 17.1 Å². The van der Waals surface area contributed by atoms with Gasteiger partial charge < -0.3 is 5.32 Å². The molecule has 30 heavy (non-hydrogen) atoms. The summed E-state index contributed by atoms with van der Waals surface area (Å²) >= 11 is 6.40.